The zero-order valence-electron chi connectivity index (χ0n) is 40.7. The first-order valence-corrected chi connectivity index (χ1v) is 25.3. The molecule has 2 aromatic carbocycles. The number of imidazole rings is 2. The summed E-state index contributed by atoms with van der Waals surface area (Å²) in [6, 6.07) is 20.0. The second-order valence-corrected chi connectivity index (χ2v) is 20.4. The number of carbonyl (C=O) groups is 6. The van der Waals surface area contributed by atoms with E-state index < -0.39 is 42.0 Å². The SMILES string of the molecule is CC(C)(C)OC(=O)N1CCCC[C@H]1c1nc(-c2ccc(C(=O)Nc3cc(I)ccn3)cc2)c(C(N)=O)n1N.NC(=O)c1c(-c2ccc(C(=O)Nc3cc(I)ccn3)cc2)nc([C@@H]2CCCCN2)n1N.O=CC(F)(F)F. The number of piperidine rings is 2. The highest BCUT2D eigenvalue weighted by atomic mass is 127. The van der Waals surface area contributed by atoms with Gasteiger partial charge in [-0.05, 0) is 153 Å². The van der Waals surface area contributed by atoms with E-state index >= 15 is 0 Å². The van der Waals surface area contributed by atoms with Crippen LogP contribution in [0.5, 0.6) is 0 Å². The number of ether oxygens (including phenoxy) is 1. The summed E-state index contributed by atoms with van der Waals surface area (Å²) in [7, 11) is 0. The summed E-state index contributed by atoms with van der Waals surface area (Å²) < 4.78 is 41.2. The van der Waals surface area contributed by atoms with Gasteiger partial charge in [0.2, 0.25) is 6.29 Å². The number of nitrogen functional groups attached to an aromatic ring is 2. The first-order chi connectivity index (χ1) is 35.4. The summed E-state index contributed by atoms with van der Waals surface area (Å²) in [5.41, 5.74) is 13.5. The number of aromatic nitrogens is 6. The van der Waals surface area contributed by atoms with Crippen molar-refractivity contribution < 1.29 is 46.7 Å². The number of likely N-dealkylation sites (tertiary alicyclic amines) is 1. The lowest BCUT2D eigenvalue weighted by Gasteiger charge is -2.36. The highest BCUT2D eigenvalue weighted by molar-refractivity contribution is 14.1. The minimum atomic E-state index is -4.64. The standard InChI is InChI=1S/C26H30IN7O4.C21H22IN7O2.C2HF3O/c1-26(2,3)38-25(37)33-13-5-4-6-18(33)23-32-20(21(22(28)35)34(23)29)15-7-9-16(10-8-15)24(36)31-19-14-17(27)11-12-30-19;22-14-8-10-26-16(11-14)27-21(31)13-6-4-12(5-7-13)17-18(19(23)30)29(24)20(28-17)15-3-1-2-9-25-15;3-2(4,5)1-6/h7-12,14,18H,4-6,13,29H2,1-3H3,(H2,28,35)(H,30,31,36);4-8,10-11,15,25H,1-3,9,24H2,(H2,23,30)(H,26,27,31);1H/t18-;15-;/m00./s1. The van der Waals surface area contributed by atoms with E-state index in [2.05, 4.69) is 81.1 Å². The van der Waals surface area contributed by atoms with Crippen molar-refractivity contribution in [3.63, 3.8) is 0 Å². The number of carbonyl (C=O) groups excluding carboxylic acids is 6. The number of nitrogens with one attached hydrogen (secondary N) is 3. The van der Waals surface area contributed by atoms with Gasteiger partial charge in [0.25, 0.3) is 23.6 Å². The van der Waals surface area contributed by atoms with Gasteiger partial charge in [-0.3, -0.25) is 28.9 Å². The molecular formula is C49H53F3I2N14O7. The molecule has 0 bridgehead atoms. The number of aldehydes is 1. The van der Waals surface area contributed by atoms with Gasteiger partial charge in [0.05, 0.1) is 12.1 Å². The average Bonchev–Trinajstić information content (AvgIpc) is 3.91. The van der Waals surface area contributed by atoms with Crippen LogP contribution in [0, 0.1) is 7.14 Å². The Morgan fingerprint density at radius 3 is 1.57 bits per heavy atom. The van der Waals surface area contributed by atoms with E-state index in [0.29, 0.717) is 64.2 Å². The van der Waals surface area contributed by atoms with Gasteiger partial charge in [0.1, 0.15) is 34.4 Å². The normalized spacial score (nSPS) is 15.5. The number of nitrogens with zero attached hydrogens (tertiary/aromatic N) is 7. The Bertz CT molecular complexity index is 3050. The third kappa shape index (κ3) is 15.2. The molecule has 26 heteroatoms. The number of rotatable bonds is 10. The predicted octanol–water partition coefficient (Wildman–Crippen LogP) is 7.25. The molecule has 0 spiro atoms. The average molecular weight is 1260 g/mol. The zero-order chi connectivity index (χ0) is 54.8. The summed E-state index contributed by atoms with van der Waals surface area (Å²) in [5.74, 6) is 12.3. The Morgan fingerprint density at radius 1 is 0.707 bits per heavy atom. The summed E-state index contributed by atoms with van der Waals surface area (Å²) in [6.45, 7) is 6.76. The highest BCUT2D eigenvalue weighted by Gasteiger charge is 2.36. The minimum absolute atomic E-state index is 0.00924. The summed E-state index contributed by atoms with van der Waals surface area (Å²) in [4.78, 5) is 90.6. The maximum atomic E-state index is 12.9. The Morgan fingerprint density at radius 2 is 1.16 bits per heavy atom. The maximum absolute atomic E-state index is 12.9. The van der Waals surface area contributed by atoms with Crippen LogP contribution in [0.2, 0.25) is 0 Å². The fourth-order valence-electron chi connectivity index (χ4n) is 7.95. The molecule has 2 atom stereocenters. The molecule has 2 saturated heterocycles. The van der Waals surface area contributed by atoms with Crippen molar-refractivity contribution in [3.8, 4) is 22.5 Å². The van der Waals surface area contributed by atoms with Gasteiger partial charge < -0.3 is 43.8 Å². The summed E-state index contributed by atoms with van der Waals surface area (Å²) in [6.07, 6.45) is 2.40. The van der Waals surface area contributed by atoms with Gasteiger partial charge in [0.15, 0.2) is 17.2 Å². The number of anilines is 2. The van der Waals surface area contributed by atoms with Crippen molar-refractivity contribution in [2.75, 3.05) is 35.4 Å². The number of alkyl halides is 3. The van der Waals surface area contributed by atoms with Crippen LogP contribution in [-0.4, -0.2) is 95.1 Å². The molecule has 0 radical (unpaired) electrons. The van der Waals surface area contributed by atoms with E-state index in [1.807, 2.05) is 12.1 Å². The maximum Gasteiger partial charge on any atom is 0.446 e. The van der Waals surface area contributed by atoms with E-state index in [-0.39, 0.29) is 34.9 Å². The van der Waals surface area contributed by atoms with Gasteiger partial charge in [-0.25, -0.2) is 34.1 Å². The smallest absolute Gasteiger partial charge is 0.444 e. The molecular weight excluding hydrogens is 1210 g/mol. The van der Waals surface area contributed by atoms with Crippen LogP contribution >= 0.6 is 45.2 Å². The quantitative estimate of drug-likeness (QED) is 0.0404. The van der Waals surface area contributed by atoms with Crippen LogP contribution in [0.15, 0.2) is 85.2 Å². The zero-order valence-corrected chi connectivity index (χ0v) is 45.0. The first kappa shape index (κ1) is 57.1. The fraction of sp³-hybridized carbons (Fsp3) is 0.306. The van der Waals surface area contributed by atoms with E-state index in [0.717, 1.165) is 50.5 Å². The van der Waals surface area contributed by atoms with Crippen LogP contribution in [-0.2, 0) is 9.53 Å². The van der Waals surface area contributed by atoms with Crippen molar-refractivity contribution in [2.45, 2.75) is 83.2 Å². The number of halogens is 5. The van der Waals surface area contributed by atoms with E-state index in [1.165, 1.54) is 4.68 Å². The van der Waals surface area contributed by atoms with E-state index in [1.54, 1.807) is 98.7 Å². The molecule has 6 heterocycles. The molecule has 2 aliphatic rings. The Hall–Kier alpha value is -7.21. The Labute approximate surface area is 455 Å². The number of nitrogens with two attached hydrogens (primary N) is 4. The Balaban J connectivity index is 0.000000223. The van der Waals surface area contributed by atoms with Crippen molar-refractivity contribution in [2.24, 2.45) is 11.5 Å². The molecule has 11 N–H and O–H groups in total. The third-order valence-corrected chi connectivity index (χ3v) is 12.6. The van der Waals surface area contributed by atoms with Crippen LogP contribution in [0.3, 0.4) is 0 Å². The number of pyridine rings is 2. The lowest BCUT2D eigenvalue weighted by atomic mass is 10.0. The molecule has 75 heavy (non-hydrogen) atoms. The summed E-state index contributed by atoms with van der Waals surface area (Å²) in [5, 5.41) is 8.91. The second kappa shape index (κ2) is 24.9. The van der Waals surface area contributed by atoms with Crippen molar-refractivity contribution in [1.29, 1.82) is 0 Å². The van der Waals surface area contributed by atoms with Gasteiger partial charge in [-0.2, -0.15) is 13.2 Å². The molecule has 0 unspecified atom stereocenters. The second-order valence-electron chi connectivity index (χ2n) is 17.9. The summed E-state index contributed by atoms with van der Waals surface area (Å²) >= 11 is 4.29. The molecule has 21 nitrogen and oxygen atoms in total. The van der Waals surface area contributed by atoms with Gasteiger partial charge in [-0.1, -0.05) is 30.7 Å². The molecule has 8 rings (SSSR count). The Kier molecular flexibility index (Phi) is 18.9. The van der Waals surface area contributed by atoms with Gasteiger partial charge in [-0.15, -0.1) is 0 Å². The largest absolute Gasteiger partial charge is 0.446 e. The number of primary amides is 2. The van der Waals surface area contributed by atoms with Crippen LogP contribution in [0.4, 0.5) is 29.6 Å². The fourth-order valence-corrected chi connectivity index (χ4v) is 8.86. The first-order valence-electron chi connectivity index (χ1n) is 23.1. The van der Waals surface area contributed by atoms with E-state index in [4.69, 9.17) is 32.7 Å². The van der Waals surface area contributed by atoms with Crippen LogP contribution in [0.25, 0.3) is 22.5 Å². The number of benzene rings is 2. The van der Waals surface area contributed by atoms with E-state index in [9.17, 15) is 37.1 Å². The molecule has 0 saturated carbocycles. The van der Waals surface area contributed by atoms with Gasteiger partial charge >= 0.3 is 12.3 Å². The monoisotopic (exact) mass is 1260 g/mol. The van der Waals surface area contributed by atoms with Crippen LogP contribution < -0.4 is 39.1 Å². The van der Waals surface area contributed by atoms with Gasteiger partial charge in [0, 0.05) is 48.3 Å². The molecule has 4 aromatic heterocycles. The lowest BCUT2D eigenvalue weighted by Crippen LogP contribution is -2.43. The number of amides is 5. The minimum Gasteiger partial charge on any atom is -0.444 e. The highest BCUT2D eigenvalue weighted by Crippen LogP contribution is 2.35. The van der Waals surface area contributed by atoms with Crippen LogP contribution in [0.1, 0.15) is 125 Å². The predicted molar refractivity (Wildman–Crippen MR) is 289 cm³/mol. The number of hydrogen-bond donors (Lipinski definition) is 7. The molecule has 5 amide bonds. The van der Waals surface area contributed by atoms with Crippen molar-refractivity contribution >= 4 is 92.8 Å². The molecule has 0 aliphatic carbocycles. The topological polar surface area (TPSA) is 316 Å². The number of hydrogen-bond acceptors (Lipinski definition) is 14. The van der Waals surface area contributed by atoms with Crippen molar-refractivity contribution in [3.05, 3.63) is 126 Å². The third-order valence-electron chi connectivity index (χ3n) is 11.3. The molecule has 2 fully saturated rings. The van der Waals surface area contributed by atoms with Crippen molar-refractivity contribution in [1.82, 2.24) is 39.5 Å². The molecule has 2 aliphatic heterocycles. The molecule has 396 valence electrons. The molecule has 6 aromatic rings. The lowest BCUT2D eigenvalue weighted by molar-refractivity contribution is -0.156.